The fourth-order valence-corrected chi connectivity index (χ4v) is 2.90. The van der Waals surface area contributed by atoms with Crippen molar-refractivity contribution >= 4 is 17.2 Å². The maximum Gasteiger partial charge on any atom is 0.254 e. The summed E-state index contributed by atoms with van der Waals surface area (Å²) in [4.78, 5) is 17.1. The van der Waals surface area contributed by atoms with Crippen molar-refractivity contribution in [3.05, 3.63) is 45.7 Å². The van der Waals surface area contributed by atoms with Crippen LogP contribution >= 0.6 is 11.3 Å². The molecule has 0 bridgehead atoms. The molecule has 0 radical (unpaired) electrons. The van der Waals surface area contributed by atoms with E-state index in [2.05, 4.69) is 24.1 Å². The van der Waals surface area contributed by atoms with Gasteiger partial charge in [0.05, 0.1) is 17.1 Å². The zero-order chi connectivity index (χ0) is 15.4. The predicted molar refractivity (Wildman–Crippen MR) is 79.9 cm³/mol. The summed E-state index contributed by atoms with van der Waals surface area (Å²) in [5.74, 6) is -0.918. The predicted octanol–water partition coefficient (Wildman–Crippen LogP) is 3.12. The van der Waals surface area contributed by atoms with Gasteiger partial charge in [-0.3, -0.25) is 4.79 Å². The van der Waals surface area contributed by atoms with Crippen LogP contribution in [0, 0.1) is 11.7 Å². The van der Waals surface area contributed by atoms with Gasteiger partial charge in [-0.25, -0.2) is 9.37 Å². The van der Waals surface area contributed by atoms with Crippen molar-refractivity contribution in [3.63, 3.8) is 0 Å². The van der Waals surface area contributed by atoms with Gasteiger partial charge in [0, 0.05) is 23.6 Å². The zero-order valence-electron chi connectivity index (χ0n) is 11.9. The van der Waals surface area contributed by atoms with E-state index in [0.717, 1.165) is 22.4 Å². The van der Waals surface area contributed by atoms with Gasteiger partial charge in [0.2, 0.25) is 0 Å². The first-order valence-electron chi connectivity index (χ1n) is 6.66. The first-order valence-corrected chi connectivity index (χ1v) is 7.47. The quantitative estimate of drug-likeness (QED) is 0.892. The van der Waals surface area contributed by atoms with Crippen LogP contribution in [0.3, 0.4) is 0 Å². The molecular weight excluding hydrogens is 291 g/mol. The molecule has 4 nitrogen and oxygen atoms in total. The lowest BCUT2D eigenvalue weighted by Crippen LogP contribution is -2.23. The van der Waals surface area contributed by atoms with E-state index in [1.807, 2.05) is 0 Å². The molecule has 0 spiro atoms. The van der Waals surface area contributed by atoms with Crippen molar-refractivity contribution in [1.82, 2.24) is 10.3 Å². The van der Waals surface area contributed by atoms with E-state index < -0.39 is 11.7 Å². The minimum absolute atomic E-state index is 0.0836. The van der Waals surface area contributed by atoms with Crippen LogP contribution < -0.4 is 5.32 Å². The number of carbonyl (C=O) groups excluding carboxylic acids is 1. The van der Waals surface area contributed by atoms with Gasteiger partial charge in [-0.2, -0.15) is 0 Å². The SMILES string of the molecule is CC(C)Cc1ncc(CNC(=O)c2ccc(O)cc2F)s1. The van der Waals surface area contributed by atoms with Crippen molar-refractivity contribution in [2.45, 2.75) is 26.8 Å². The van der Waals surface area contributed by atoms with E-state index in [9.17, 15) is 9.18 Å². The Bertz CT molecular complexity index is 640. The number of thiazole rings is 1. The number of nitrogens with one attached hydrogen (secondary N) is 1. The molecular formula is C15H17FN2O2S. The molecule has 6 heteroatoms. The number of hydrogen-bond donors (Lipinski definition) is 2. The summed E-state index contributed by atoms with van der Waals surface area (Å²) in [6.45, 7) is 4.56. The van der Waals surface area contributed by atoms with E-state index >= 15 is 0 Å². The van der Waals surface area contributed by atoms with Gasteiger partial charge in [-0.15, -0.1) is 11.3 Å². The third kappa shape index (κ3) is 4.26. The molecule has 0 saturated heterocycles. The first-order chi connectivity index (χ1) is 9.95. The number of benzene rings is 1. The number of hydrogen-bond acceptors (Lipinski definition) is 4. The maximum absolute atomic E-state index is 13.5. The Morgan fingerprint density at radius 3 is 2.90 bits per heavy atom. The van der Waals surface area contributed by atoms with Crippen LogP contribution in [0.15, 0.2) is 24.4 Å². The molecule has 1 aromatic carbocycles. The van der Waals surface area contributed by atoms with Crippen molar-refractivity contribution < 1.29 is 14.3 Å². The van der Waals surface area contributed by atoms with E-state index in [1.54, 1.807) is 17.5 Å². The summed E-state index contributed by atoms with van der Waals surface area (Å²) >= 11 is 1.55. The Labute approximate surface area is 126 Å². The van der Waals surface area contributed by atoms with E-state index in [-0.39, 0.29) is 11.3 Å². The molecule has 21 heavy (non-hydrogen) atoms. The topological polar surface area (TPSA) is 62.2 Å². The molecule has 0 aliphatic rings. The first kappa shape index (κ1) is 15.4. The van der Waals surface area contributed by atoms with Crippen LogP contribution in [0.2, 0.25) is 0 Å². The Balaban J connectivity index is 1.96. The Morgan fingerprint density at radius 2 is 2.24 bits per heavy atom. The minimum Gasteiger partial charge on any atom is -0.508 e. The molecule has 2 N–H and O–H groups in total. The summed E-state index contributed by atoms with van der Waals surface area (Å²) in [5, 5.41) is 12.8. The van der Waals surface area contributed by atoms with Crippen LogP contribution in [0.25, 0.3) is 0 Å². The monoisotopic (exact) mass is 308 g/mol. The highest BCUT2D eigenvalue weighted by Gasteiger charge is 2.12. The molecule has 0 aliphatic heterocycles. The molecule has 0 fully saturated rings. The molecule has 112 valence electrons. The number of rotatable bonds is 5. The van der Waals surface area contributed by atoms with E-state index in [4.69, 9.17) is 5.11 Å². The normalized spacial score (nSPS) is 10.9. The smallest absolute Gasteiger partial charge is 0.254 e. The summed E-state index contributed by atoms with van der Waals surface area (Å²) in [5.41, 5.74) is -0.0836. The van der Waals surface area contributed by atoms with Crippen molar-refractivity contribution in [2.75, 3.05) is 0 Å². The van der Waals surface area contributed by atoms with Gasteiger partial charge in [0.15, 0.2) is 0 Å². The third-order valence-corrected chi connectivity index (χ3v) is 3.82. The van der Waals surface area contributed by atoms with E-state index in [0.29, 0.717) is 12.5 Å². The molecule has 0 saturated carbocycles. The lowest BCUT2D eigenvalue weighted by molar-refractivity contribution is 0.0947. The van der Waals surface area contributed by atoms with Crippen LogP contribution in [-0.4, -0.2) is 16.0 Å². The highest BCUT2D eigenvalue weighted by atomic mass is 32.1. The number of aromatic hydroxyl groups is 1. The van der Waals surface area contributed by atoms with Gasteiger partial charge in [-0.05, 0) is 18.1 Å². The Hall–Kier alpha value is -1.95. The molecule has 1 aromatic heterocycles. The number of aromatic nitrogens is 1. The average molecular weight is 308 g/mol. The second-order valence-electron chi connectivity index (χ2n) is 5.17. The molecule has 0 unspecified atom stereocenters. The van der Waals surface area contributed by atoms with Crippen LogP contribution in [0.5, 0.6) is 5.75 Å². The molecule has 1 amide bonds. The van der Waals surface area contributed by atoms with Gasteiger partial charge >= 0.3 is 0 Å². The Kier molecular flexibility index (Phi) is 4.90. The van der Waals surface area contributed by atoms with Gasteiger partial charge in [0.1, 0.15) is 11.6 Å². The summed E-state index contributed by atoms with van der Waals surface area (Å²) < 4.78 is 13.5. The summed E-state index contributed by atoms with van der Waals surface area (Å²) in [6.07, 6.45) is 2.64. The highest BCUT2D eigenvalue weighted by Crippen LogP contribution is 2.17. The summed E-state index contributed by atoms with van der Waals surface area (Å²) in [7, 11) is 0. The van der Waals surface area contributed by atoms with Crippen molar-refractivity contribution in [2.24, 2.45) is 5.92 Å². The number of phenolic OH excluding ortho intramolecular Hbond substituents is 1. The molecule has 2 aromatic rings. The summed E-state index contributed by atoms with van der Waals surface area (Å²) in [6, 6.07) is 3.46. The minimum atomic E-state index is -0.739. The third-order valence-electron chi connectivity index (χ3n) is 2.80. The lowest BCUT2D eigenvalue weighted by atomic mass is 10.1. The zero-order valence-corrected chi connectivity index (χ0v) is 12.7. The molecule has 2 rings (SSSR count). The maximum atomic E-state index is 13.5. The molecule has 0 atom stereocenters. The van der Waals surface area contributed by atoms with Crippen LogP contribution in [-0.2, 0) is 13.0 Å². The van der Waals surface area contributed by atoms with E-state index in [1.165, 1.54) is 12.1 Å². The number of carbonyl (C=O) groups is 1. The Morgan fingerprint density at radius 1 is 1.48 bits per heavy atom. The van der Waals surface area contributed by atoms with Crippen molar-refractivity contribution in [3.8, 4) is 5.75 Å². The van der Waals surface area contributed by atoms with Crippen LogP contribution in [0.4, 0.5) is 4.39 Å². The fourth-order valence-electron chi connectivity index (χ4n) is 1.82. The number of nitrogens with zero attached hydrogens (tertiary/aromatic N) is 1. The standard InChI is InChI=1S/C15H17FN2O2S/c1-9(2)5-14-17-7-11(21-14)8-18-15(20)12-4-3-10(19)6-13(12)16/h3-4,6-7,9,19H,5,8H2,1-2H3,(H,18,20). The average Bonchev–Trinajstić information content (AvgIpc) is 2.82. The van der Waals surface area contributed by atoms with Crippen LogP contribution in [0.1, 0.15) is 34.1 Å². The number of amides is 1. The van der Waals surface area contributed by atoms with Gasteiger partial charge < -0.3 is 10.4 Å². The second kappa shape index (κ2) is 6.67. The van der Waals surface area contributed by atoms with Gasteiger partial charge in [0.25, 0.3) is 5.91 Å². The molecule has 0 aliphatic carbocycles. The van der Waals surface area contributed by atoms with Gasteiger partial charge in [-0.1, -0.05) is 13.8 Å². The lowest BCUT2D eigenvalue weighted by Gasteiger charge is -2.05. The number of phenols is 1. The highest BCUT2D eigenvalue weighted by molar-refractivity contribution is 7.11. The largest absolute Gasteiger partial charge is 0.508 e. The second-order valence-corrected chi connectivity index (χ2v) is 6.36. The van der Waals surface area contributed by atoms with Crippen molar-refractivity contribution in [1.29, 1.82) is 0 Å². The fraction of sp³-hybridized carbons (Fsp3) is 0.333. The molecule has 1 heterocycles. The number of halogens is 1.